The van der Waals surface area contributed by atoms with Crippen molar-refractivity contribution in [1.29, 1.82) is 0 Å². The second-order valence-electron chi connectivity index (χ2n) is 8.10. The normalized spacial score (nSPS) is 19.6. The Morgan fingerprint density at radius 1 is 1.30 bits per heavy atom. The third-order valence-corrected chi connectivity index (χ3v) is 5.93. The van der Waals surface area contributed by atoms with Crippen LogP contribution in [0.15, 0.2) is 24.4 Å². The zero-order valence-electron chi connectivity index (χ0n) is 17.5. The van der Waals surface area contributed by atoms with Gasteiger partial charge in [-0.05, 0) is 56.8 Å². The van der Waals surface area contributed by atoms with Gasteiger partial charge in [-0.25, -0.2) is 0 Å². The van der Waals surface area contributed by atoms with E-state index in [2.05, 4.69) is 10.6 Å². The molecule has 0 saturated heterocycles. The number of aryl methyl sites for hydroxylation is 2. The summed E-state index contributed by atoms with van der Waals surface area (Å²) in [5.41, 5.74) is 8.14. The first-order chi connectivity index (χ1) is 14.3. The molecule has 2 aromatic rings. The first-order valence-corrected chi connectivity index (χ1v) is 10.4. The average molecular weight is 415 g/mol. The van der Waals surface area contributed by atoms with E-state index in [0.717, 1.165) is 22.9 Å². The SMILES string of the molecule is Cc1cn(C)c2cc(C(=O)N[C@@H](CCCN)C(=O)N[C@H]3CCC[C@H]3C(=O)O)ccc12. The average Bonchev–Trinajstić information content (AvgIpc) is 3.29. The molecule has 0 bridgehead atoms. The van der Waals surface area contributed by atoms with Crippen LogP contribution in [0.5, 0.6) is 0 Å². The molecule has 1 saturated carbocycles. The summed E-state index contributed by atoms with van der Waals surface area (Å²) < 4.78 is 1.96. The van der Waals surface area contributed by atoms with Gasteiger partial charge >= 0.3 is 5.97 Å². The molecule has 8 heteroatoms. The number of benzene rings is 1. The first kappa shape index (κ1) is 21.8. The number of nitrogens with zero attached hydrogens (tertiary/aromatic N) is 1. The van der Waals surface area contributed by atoms with Crippen LogP contribution in [-0.4, -0.2) is 46.1 Å². The Hall–Kier alpha value is -2.87. The third kappa shape index (κ3) is 4.64. The Balaban J connectivity index is 1.73. The Morgan fingerprint density at radius 2 is 2.07 bits per heavy atom. The van der Waals surface area contributed by atoms with Gasteiger partial charge < -0.3 is 26.0 Å². The third-order valence-electron chi connectivity index (χ3n) is 5.93. The number of rotatable bonds is 8. The van der Waals surface area contributed by atoms with E-state index in [4.69, 9.17) is 5.73 Å². The Kier molecular flexibility index (Phi) is 6.77. The molecule has 8 nitrogen and oxygen atoms in total. The highest BCUT2D eigenvalue weighted by Crippen LogP contribution is 2.26. The van der Waals surface area contributed by atoms with Crippen molar-refractivity contribution in [2.75, 3.05) is 6.54 Å². The van der Waals surface area contributed by atoms with Gasteiger partial charge in [0.15, 0.2) is 0 Å². The van der Waals surface area contributed by atoms with Crippen molar-refractivity contribution in [3.05, 3.63) is 35.5 Å². The molecule has 0 aliphatic heterocycles. The highest BCUT2D eigenvalue weighted by atomic mass is 16.4. The summed E-state index contributed by atoms with van der Waals surface area (Å²) in [7, 11) is 1.93. The van der Waals surface area contributed by atoms with Crippen LogP contribution in [0.3, 0.4) is 0 Å². The number of nitrogens with one attached hydrogen (secondary N) is 2. The fourth-order valence-electron chi connectivity index (χ4n) is 4.27. The van der Waals surface area contributed by atoms with Crippen molar-refractivity contribution < 1.29 is 19.5 Å². The largest absolute Gasteiger partial charge is 0.481 e. The second-order valence-corrected chi connectivity index (χ2v) is 8.10. The van der Waals surface area contributed by atoms with Crippen LogP contribution in [-0.2, 0) is 16.6 Å². The summed E-state index contributed by atoms with van der Waals surface area (Å²) >= 11 is 0. The lowest BCUT2D eigenvalue weighted by Gasteiger charge is -2.23. The quantitative estimate of drug-likeness (QED) is 0.523. The molecule has 0 radical (unpaired) electrons. The number of aromatic nitrogens is 1. The van der Waals surface area contributed by atoms with Gasteiger partial charge in [-0.3, -0.25) is 14.4 Å². The van der Waals surface area contributed by atoms with Gasteiger partial charge in [0.05, 0.1) is 5.92 Å². The summed E-state index contributed by atoms with van der Waals surface area (Å²) in [6, 6.07) is 4.30. The maximum absolute atomic E-state index is 12.9. The molecule has 30 heavy (non-hydrogen) atoms. The van der Waals surface area contributed by atoms with E-state index < -0.39 is 24.0 Å². The number of carbonyl (C=O) groups excluding carboxylic acids is 2. The molecule has 0 spiro atoms. The van der Waals surface area contributed by atoms with Gasteiger partial charge in [0, 0.05) is 35.8 Å². The van der Waals surface area contributed by atoms with Gasteiger partial charge in [0.1, 0.15) is 6.04 Å². The van der Waals surface area contributed by atoms with Crippen LogP contribution >= 0.6 is 0 Å². The summed E-state index contributed by atoms with van der Waals surface area (Å²) in [6.07, 6.45) is 4.91. The minimum absolute atomic E-state index is 0.339. The van der Waals surface area contributed by atoms with E-state index in [1.165, 1.54) is 0 Å². The standard InChI is InChI=1S/C22H30N4O4/c1-13-12-26(2)19-11-14(8-9-15(13)19)20(27)25-18(7-4-10-23)21(28)24-17-6-3-5-16(17)22(29)30/h8-9,11-12,16-18H,3-7,10,23H2,1-2H3,(H,24,28)(H,25,27)(H,29,30)/t16-,17+,18+/m1/s1. The van der Waals surface area contributed by atoms with Crippen LogP contribution in [0, 0.1) is 12.8 Å². The number of fused-ring (bicyclic) bond motifs is 1. The number of carboxylic acid groups (broad SMARTS) is 1. The molecule has 1 aliphatic rings. The molecule has 0 unspecified atom stereocenters. The predicted octanol–water partition coefficient (Wildman–Crippen LogP) is 1.69. The van der Waals surface area contributed by atoms with Crippen LogP contribution in [0.25, 0.3) is 10.9 Å². The number of carboxylic acids is 1. The van der Waals surface area contributed by atoms with Crippen LogP contribution in [0.4, 0.5) is 0 Å². The molecule has 1 aliphatic carbocycles. The number of hydrogen-bond donors (Lipinski definition) is 4. The van der Waals surface area contributed by atoms with Crippen LogP contribution < -0.4 is 16.4 Å². The van der Waals surface area contributed by atoms with Crippen molar-refractivity contribution in [3.63, 3.8) is 0 Å². The highest BCUT2D eigenvalue weighted by molar-refractivity contribution is 6.00. The summed E-state index contributed by atoms with van der Waals surface area (Å²) in [6.45, 7) is 2.41. The fourth-order valence-corrected chi connectivity index (χ4v) is 4.27. The van der Waals surface area contributed by atoms with Gasteiger partial charge in [0.25, 0.3) is 5.91 Å². The highest BCUT2D eigenvalue weighted by Gasteiger charge is 2.35. The summed E-state index contributed by atoms with van der Waals surface area (Å²) in [5.74, 6) is -2.17. The zero-order chi connectivity index (χ0) is 21.8. The summed E-state index contributed by atoms with van der Waals surface area (Å²) in [4.78, 5) is 37.1. The minimum atomic E-state index is -0.897. The second kappa shape index (κ2) is 9.30. The van der Waals surface area contributed by atoms with Crippen LogP contribution in [0.1, 0.15) is 48.0 Å². The van der Waals surface area contributed by atoms with E-state index in [1.54, 1.807) is 6.07 Å². The van der Waals surface area contributed by atoms with Gasteiger partial charge in [0.2, 0.25) is 5.91 Å². The molecule has 1 aromatic heterocycles. The lowest BCUT2D eigenvalue weighted by Crippen LogP contribution is -2.51. The molecular weight excluding hydrogens is 384 g/mol. The zero-order valence-corrected chi connectivity index (χ0v) is 17.5. The van der Waals surface area contributed by atoms with Gasteiger partial charge in [-0.15, -0.1) is 0 Å². The van der Waals surface area contributed by atoms with E-state index in [0.29, 0.717) is 37.8 Å². The fraction of sp³-hybridized carbons (Fsp3) is 0.500. The lowest BCUT2D eigenvalue weighted by atomic mass is 10.0. The number of amides is 2. The molecular formula is C22H30N4O4. The lowest BCUT2D eigenvalue weighted by molar-refractivity contribution is -0.142. The van der Waals surface area contributed by atoms with Crippen molar-refractivity contribution in [3.8, 4) is 0 Å². The molecule has 3 atom stereocenters. The van der Waals surface area contributed by atoms with E-state index in [9.17, 15) is 19.5 Å². The molecule has 162 valence electrons. The van der Waals surface area contributed by atoms with E-state index in [1.807, 2.05) is 36.9 Å². The molecule has 1 heterocycles. The topological polar surface area (TPSA) is 126 Å². The molecule has 5 N–H and O–H groups in total. The Labute approximate surface area is 175 Å². The number of nitrogens with two attached hydrogens (primary N) is 1. The van der Waals surface area contributed by atoms with E-state index >= 15 is 0 Å². The summed E-state index contributed by atoms with van der Waals surface area (Å²) in [5, 5.41) is 16.1. The van der Waals surface area contributed by atoms with Crippen molar-refractivity contribution in [2.24, 2.45) is 18.7 Å². The smallest absolute Gasteiger partial charge is 0.308 e. The van der Waals surface area contributed by atoms with E-state index in [-0.39, 0.29) is 11.8 Å². The number of hydrogen-bond acceptors (Lipinski definition) is 4. The Bertz CT molecular complexity index is 952. The molecule has 3 rings (SSSR count). The monoisotopic (exact) mass is 414 g/mol. The van der Waals surface area contributed by atoms with Crippen molar-refractivity contribution >= 4 is 28.7 Å². The van der Waals surface area contributed by atoms with Gasteiger partial charge in [-0.1, -0.05) is 12.5 Å². The first-order valence-electron chi connectivity index (χ1n) is 10.4. The molecule has 1 fully saturated rings. The number of aliphatic carboxylic acids is 1. The maximum atomic E-state index is 12.9. The van der Waals surface area contributed by atoms with Crippen LogP contribution in [0.2, 0.25) is 0 Å². The van der Waals surface area contributed by atoms with Gasteiger partial charge in [-0.2, -0.15) is 0 Å². The maximum Gasteiger partial charge on any atom is 0.308 e. The van der Waals surface area contributed by atoms with Crippen molar-refractivity contribution in [2.45, 2.75) is 51.1 Å². The predicted molar refractivity (Wildman–Crippen MR) is 114 cm³/mol. The van der Waals surface area contributed by atoms with Crippen molar-refractivity contribution in [1.82, 2.24) is 15.2 Å². The minimum Gasteiger partial charge on any atom is -0.481 e. The molecule has 2 amide bonds. The number of carbonyl (C=O) groups is 3. The Morgan fingerprint density at radius 3 is 2.77 bits per heavy atom. The molecule has 1 aromatic carbocycles.